The molecule has 0 aliphatic rings. The first-order valence-corrected chi connectivity index (χ1v) is 5.91. The molecule has 0 saturated carbocycles. The van der Waals surface area contributed by atoms with Crippen molar-refractivity contribution in [3.8, 4) is 0 Å². The summed E-state index contributed by atoms with van der Waals surface area (Å²) in [6.07, 6.45) is -0.867. The Balaban J connectivity index is 2.02. The van der Waals surface area contributed by atoms with E-state index in [9.17, 15) is 19.5 Å². The molecule has 7 heteroatoms. The molecule has 4 N–H and O–H groups in total. The number of aromatic amines is 2. The van der Waals surface area contributed by atoms with E-state index < -0.39 is 23.3 Å². The van der Waals surface area contributed by atoms with Crippen LogP contribution >= 0.6 is 0 Å². The standard InChI is InChI=1S/C13H13N3O4/c17-10(8-4-2-1-3-5-8)7-14-12(19)9-6-11(18)16-13(20)15-9/h1-6,10,17H,7H2,(H,14,19)(H2,15,16,18,20). The molecule has 104 valence electrons. The van der Waals surface area contributed by atoms with E-state index in [0.717, 1.165) is 6.07 Å². The molecule has 1 amide bonds. The summed E-state index contributed by atoms with van der Waals surface area (Å²) in [5.41, 5.74) is -0.917. The molecule has 1 atom stereocenters. The van der Waals surface area contributed by atoms with Crippen molar-refractivity contribution in [3.63, 3.8) is 0 Å². The van der Waals surface area contributed by atoms with E-state index in [1.807, 2.05) is 11.1 Å². The summed E-state index contributed by atoms with van der Waals surface area (Å²) in [5, 5.41) is 12.3. The normalized spacial score (nSPS) is 11.8. The van der Waals surface area contributed by atoms with Gasteiger partial charge in [-0.25, -0.2) is 4.79 Å². The van der Waals surface area contributed by atoms with Crippen molar-refractivity contribution < 1.29 is 9.90 Å². The van der Waals surface area contributed by atoms with E-state index in [-0.39, 0.29) is 12.2 Å². The number of H-pyrrole nitrogens is 2. The van der Waals surface area contributed by atoms with Gasteiger partial charge in [0.2, 0.25) is 0 Å². The number of nitrogens with one attached hydrogen (secondary N) is 3. The molecule has 2 aromatic rings. The lowest BCUT2D eigenvalue weighted by Gasteiger charge is -2.11. The van der Waals surface area contributed by atoms with Gasteiger partial charge in [0.1, 0.15) is 5.69 Å². The maximum Gasteiger partial charge on any atom is 0.326 e. The van der Waals surface area contributed by atoms with Gasteiger partial charge < -0.3 is 15.4 Å². The Bertz CT molecular complexity index is 677. The van der Waals surface area contributed by atoms with Gasteiger partial charge in [0.25, 0.3) is 11.5 Å². The second-order valence-corrected chi connectivity index (χ2v) is 4.14. The number of hydrogen-bond acceptors (Lipinski definition) is 4. The predicted molar refractivity (Wildman–Crippen MR) is 71.4 cm³/mol. The first kappa shape index (κ1) is 13.8. The van der Waals surface area contributed by atoms with Crippen LogP contribution in [0.15, 0.2) is 46.0 Å². The highest BCUT2D eigenvalue weighted by atomic mass is 16.3. The lowest BCUT2D eigenvalue weighted by Crippen LogP contribution is -2.33. The first-order chi connectivity index (χ1) is 9.56. The van der Waals surface area contributed by atoms with E-state index >= 15 is 0 Å². The lowest BCUT2D eigenvalue weighted by molar-refractivity contribution is 0.0910. The summed E-state index contributed by atoms with van der Waals surface area (Å²) in [6.45, 7) is -0.0301. The van der Waals surface area contributed by atoms with Crippen molar-refractivity contribution in [3.05, 3.63) is 68.5 Å². The van der Waals surface area contributed by atoms with Gasteiger partial charge in [-0.2, -0.15) is 0 Å². The summed E-state index contributed by atoms with van der Waals surface area (Å²) in [4.78, 5) is 38.0. The first-order valence-electron chi connectivity index (χ1n) is 5.91. The van der Waals surface area contributed by atoms with Gasteiger partial charge in [-0.05, 0) is 5.56 Å². The van der Waals surface area contributed by atoms with Crippen molar-refractivity contribution in [2.75, 3.05) is 6.54 Å². The highest BCUT2D eigenvalue weighted by Crippen LogP contribution is 2.10. The van der Waals surface area contributed by atoms with Crippen LogP contribution in [0.1, 0.15) is 22.2 Å². The van der Waals surface area contributed by atoms with Crippen molar-refractivity contribution in [1.82, 2.24) is 15.3 Å². The lowest BCUT2D eigenvalue weighted by atomic mass is 10.1. The minimum atomic E-state index is -0.867. The van der Waals surface area contributed by atoms with Gasteiger partial charge in [-0.15, -0.1) is 0 Å². The number of hydrogen-bond donors (Lipinski definition) is 4. The molecule has 1 aromatic carbocycles. The molecular weight excluding hydrogens is 262 g/mol. The molecule has 0 saturated heterocycles. The molecule has 20 heavy (non-hydrogen) atoms. The number of aliphatic hydroxyl groups is 1. The summed E-state index contributed by atoms with van der Waals surface area (Å²) in [5.74, 6) is -0.636. The van der Waals surface area contributed by atoms with Gasteiger partial charge >= 0.3 is 5.69 Å². The maximum absolute atomic E-state index is 11.7. The van der Waals surface area contributed by atoms with E-state index in [4.69, 9.17) is 0 Å². The molecular formula is C13H13N3O4. The van der Waals surface area contributed by atoms with E-state index in [1.165, 1.54) is 0 Å². The number of carbonyl (C=O) groups excluding carboxylic acids is 1. The molecule has 7 nitrogen and oxygen atoms in total. The van der Waals surface area contributed by atoms with E-state index in [2.05, 4.69) is 10.3 Å². The van der Waals surface area contributed by atoms with Crippen LogP contribution in [0.25, 0.3) is 0 Å². The van der Waals surface area contributed by atoms with Crippen LogP contribution in [0.2, 0.25) is 0 Å². The average molecular weight is 275 g/mol. The van der Waals surface area contributed by atoms with Gasteiger partial charge in [-0.3, -0.25) is 14.6 Å². The van der Waals surface area contributed by atoms with Gasteiger partial charge in [-0.1, -0.05) is 30.3 Å². The smallest absolute Gasteiger partial charge is 0.326 e. The van der Waals surface area contributed by atoms with Crippen LogP contribution in [0.3, 0.4) is 0 Å². The number of carbonyl (C=O) groups is 1. The van der Waals surface area contributed by atoms with E-state index in [1.54, 1.807) is 24.3 Å². The van der Waals surface area contributed by atoms with Crippen LogP contribution in [0, 0.1) is 0 Å². The number of rotatable bonds is 4. The minimum Gasteiger partial charge on any atom is -0.387 e. The summed E-state index contributed by atoms with van der Waals surface area (Å²) in [6, 6.07) is 9.79. The van der Waals surface area contributed by atoms with Crippen molar-refractivity contribution >= 4 is 5.91 Å². The van der Waals surface area contributed by atoms with Crippen molar-refractivity contribution in [1.29, 1.82) is 0 Å². The zero-order valence-corrected chi connectivity index (χ0v) is 10.4. The van der Waals surface area contributed by atoms with Gasteiger partial charge in [0.05, 0.1) is 6.10 Å². The Labute approximate surface area is 113 Å². The summed E-state index contributed by atoms with van der Waals surface area (Å²) >= 11 is 0. The highest BCUT2D eigenvalue weighted by Gasteiger charge is 2.11. The Morgan fingerprint density at radius 2 is 1.90 bits per heavy atom. The fourth-order valence-corrected chi connectivity index (χ4v) is 1.67. The summed E-state index contributed by atoms with van der Waals surface area (Å²) < 4.78 is 0. The second kappa shape index (κ2) is 5.98. The number of aliphatic hydroxyl groups excluding tert-OH is 1. The predicted octanol–water partition coefficient (Wildman–Crippen LogP) is -0.473. The topological polar surface area (TPSA) is 115 Å². The SMILES string of the molecule is O=C(NCC(O)c1ccccc1)c1cc(=O)[nH]c(=O)[nH]1. The quantitative estimate of drug-likeness (QED) is 0.603. The fraction of sp³-hybridized carbons (Fsp3) is 0.154. The van der Waals surface area contributed by atoms with Crippen LogP contribution < -0.4 is 16.6 Å². The number of amides is 1. The third-order valence-electron chi connectivity index (χ3n) is 2.65. The third kappa shape index (κ3) is 3.42. The zero-order chi connectivity index (χ0) is 14.5. The molecule has 1 heterocycles. The molecule has 0 spiro atoms. The van der Waals surface area contributed by atoms with Crippen LogP contribution in [0.4, 0.5) is 0 Å². The van der Waals surface area contributed by atoms with E-state index in [0.29, 0.717) is 5.56 Å². The average Bonchev–Trinajstić information content (AvgIpc) is 2.44. The monoisotopic (exact) mass is 275 g/mol. The fourth-order valence-electron chi connectivity index (χ4n) is 1.67. The Morgan fingerprint density at radius 1 is 1.20 bits per heavy atom. The van der Waals surface area contributed by atoms with Crippen LogP contribution in [-0.2, 0) is 0 Å². The summed E-state index contributed by atoms with van der Waals surface area (Å²) in [7, 11) is 0. The molecule has 1 unspecified atom stereocenters. The molecule has 0 bridgehead atoms. The van der Waals surface area contributed by atoms with Gasteiger partial charge in [0.15, 0.2) is 0 Å². The van der Waals surface area contributed by atoms with Crippen LogP contribution in [0.5, 0.6) is 0 Å². The largest absolute Gasteiger partial charge is 0.387 e. The number of benzene rings is 1. The molecule has 1 aromatic heterocycles. The van der Waals surface area contributed by atoms with Crippen LogP contribution in [-0.4, -0.2) is 27.5 Å². The van der Waals surface area contributed by atoms with Gasteiger partial charge in [0, 0.05) is 12.6 Å². The Kier molecular flexibility index (Phi) is 4.11. The maximum atomic E-state index is 11.7. The Hall–Kier alpha value is -2.67. The van der Waals surface area contributed by atoms with Crippen molar-refractivity contribution in [2.24, 2.45) is 0 Å². The Morgan fingerprint density at radius 3 is 2.55 bits per heavy atom. The molecule has 0 fully saturated rings. The molecule has 0 radical (unpaired) electrons. The second-order valence-electron chi connectivity index (χ2n) is 4.14. The number of aromatic nitrogens is 2. The zero-order valence-electron chi connectivity index (χ0n) is 10.4. The third-order valence-corrected chi connectivity index (χ3v) is 2.65. The molecule has 2 rings (SSSR count). The minimum absolute atomic E-state index is 0.0301. The van der Waals surface area contributed by atoms with Crippen molar-refractivity contribution in [2.45, 2.75) is 6.10 Å². The molecule has 0 aliphatic carbocycles. The molecule has 0 aliphatic heterocycles. The highest BCUT2D eigenvalue weighted by molar-refractivity contribution is 5.92.